The summed E-state index contributed by atoms with van der Waals surface area (Å²) in [6.07, 6.45) is 0. The van der Waals surface area contributed by atoms with Crippen molar-refractivity contribution in [1.29, 1.82) is 0 Å². The molecule has 0 saturated carbocycles. The third kappa shape index (κ3) is 11.0. The summed E-state index contributed by atoms with van der Waals surface area (Å²) in [7, 11) is -0.175. The molecular formula is C32H24ClF6OS2Sb. The van der Waals surface area contributed by atoms with Crippen molar-refractivity contribution in [2.45, 2.75) is 31.4 Å². The Morgan fingerprint density at radius 3 is 1.53 bits per heavy atom. The van der Waals surface area contributed by atoms with Crippen LogP contribution in [0, 0.1) is 6.92 Å². The van der Waals surface area contributed by atoms with E-state index < -0.39 is 19.5 Å². The second kappa shape index (κ2) is 12.6. The van der Waals surface area contributed by atoms with Crippen LogP contribution in [0.2, 0.25) is 5.02 Å². The van der Waals surface area contributed by atoms with Gasteiger partial charge in [0, 0.05) is 20.9 Å². The summed E-state index contributed by atoms with van der Waals surface area (Å²) in [5, 5.41) is 0.579. The van der Waals surface area contributed by atoms with Crippen LogP contribution in [0.5, 0.6) is 0 Å². The van der Waals surface area contributed by atoms with Gasteiger partial charge in [0.2, 0.25) is 0 Å². The Morgan fingerprint density at radius 1 is 0.628 bits per heavy atom. The second-order valence-corrected chi connectivity index (χ2v) is 18.3. The molecule has 0 radical (unpaired) electrons. The van der Waals surface area contributed by atoms with Gasteiger partial charge >= 0.3 is 36.4 Å². The van der Waals surface area contributed by atoms with Crippen LogP contribution in [-0.4, -0.2) is 25.3 Å². The molecular weight excluding hydrogens is 736 g/mol. The molecule has 0 amide bonds. The summed E-state index contributed by atoms with van der Waals surface area (Å²) in [5.41, 5.74) is 2.39. The fourth-order valence-corrected chi connectivity index (χ4v) is 7.09. The summed E-state index contributed by atoms with van der Waals surface area (Å²) >= 11 is -3.04. The molecule has 1 nitrogen and oxygen atoms in total. The zero-order valence-electron chi connectivity index (χ0n) is 22.4. The Kier molecular flexibility index (Phi) is 9.72. The molecule has 0 aromatic heterocycles. The van der Waals surface area contributed by atoms with Gasteiger partial charge in [-0.3, -0.25) is 4.79 Å². The Hall–Kier alpha value is -2.84. The predicted octanol–water partition coefficient (Wildman–Crippen LogP) is 11.3. The molecule has 0 N–H and O–H groups in total. The van der Waals surface area contributed by atoms with Gasteiger partial charge in [0.05, 0.1) is 15.9 Å². The van der Waals surface area contributed by atoms with E-state index in [2.05, 4.69) is 84.9 Å². The number of ketones is 1. The van der Waals surface area contributed by atoms with Gasteiger partial charge in [-0.15, -0.1) is 0 Å². The maximum atomic E-state index is 12.8. The Labute approximate surface area is 260 Å². The quantitative estimate of drug-likeness (QED) is 0.0711. The van der Waals surface area contributed by atoms with Crippen LogP contribution >= 0.6 is 23.4 Å². The van der Waals surface area contributed by atoms with Crippen LogP contribution in [0.3, 0.4) is 0 Å². The van der Waals surface area contributed by atoms with Crippen LogP contribution in [0.1, 0.15) is 21.5 Å². The van der Waals surface area contributed by atoms with Crippen LogP contribution in [-0.2, 0) is 10.9 Å². The van der Waals surface area contributed by atoms with Crippen LogP contribution in [0.25, 0.3) is 0 Å². The zero-order chi connectivity index (χ0) is 31.3. The fourth-order valence-electron chi connectivity index (χ4n) is 3.89. The third-order valence-electron chi connectivity index (χ3n) is 5.75. The van der Waals surface area contributed by atoms with E-state index in [-0.39, 0.29) is 16.7 Å². The second-order valence-electron chi connectivity index (χ2n) is 9.30. The Bertz CT molecular complexity index is 1650. The molecule has 0 fully saturated rings. The van der Waals surface area contributed by atoms with Gasteiger partial charge in [-0.25, -0.2) is 0 Å². The van der Waals surface area contributed by atoms with E-state index in [1.54, 1.807) is 17.8 Å². The SMILES string of the molecule is Cc1ccc(C(=O)c2ccc(Sc3ccc([S+](c4ccccc4)c4ccccc4)cc3)c(Cl)c2)cc1.[F][Sb-]([F])([F])([F])([F])[F]. The van der Waals surface area contributed by atoms with Crippen molar-refractivity contribution in [2.75, 3.05) is 0 Å². The summed E-state index contributed by atoms with van der Waals surface area (Å²) in [5.74, 6) is -0.0216. The summed E-state index contributed by atoms with van der Waals surface area (Å²) in [6, 6.07) is 43.1. The van der Waals surface area contributed by atoms with E-state index >= 15 is 0 Å². The topological polar surface area (TPSA) is 17.1 Å². The monoisotopic (exact) mass is 758 g/mol. The van der Waals surface area contributed by atoms with Crippen molar-refractivity contribution in [3.8, 4) is 0 Å². The predicted molar refractivity (Wildman–Crippen MR) is 164 cm³/mol. The number of halogens is 7. The standard InChI is InChI=1S/C32H24ClOS2.6FH.Sb/c1-23-12-14-24(15-13-23)32(34)25-16-21-31(30(33)22-25)35-26-17-19-29(20-18-26)36(27-8-4-2-5-9-27)28-10-6-3-7-11-28;;;;;;;/h2-22H,1H3;6*1H;/q+1;;;;;;;+5/p-6. The Morgan fingerprint density at radius 2 is 1.07 bits per heavy atom. The van der Waals surface area contributed by atoms with Gasteiger partial charge in [0.1, 0.15) is 0 Å². The van der Waals surface area contributed by atoms with E-state index in [0.717, 1.165) is 15.4 Å². The van der Waals surface area contributed by atoms with Crippen LogP contribution < -0.4 is 0 Å². The zero-order valence-corrected chi connectivity index (χ0v) is 27.4. The maximum absolute atomic E-state index is 12.8. The molecule has 0 spiro atoms. The number of hydrogen-bond donors (Lipinski definition) is 0. The first kappa shape index (κ1) is 33.1. The number of benzene rings is 5. The van der Waals surface area contributed by atoms with E-state index in [0.29, 0.717) is 16.1 Å². The fraction of sp³-hybridized carbons (Fsp3) is 0.0312. The minimum absolute atomic E-state index is 0.0216. The molecule has 0 unspecified atom stereocenters. The number of aryl methyl sites for hydroxylation is 1. The molecule has 43 heavy (non-hydrogen) atoms. The van der Waals surface area contributed by atoms with Crippen molar-refractivity contribution >= 4 is 59.5 Å². The minimum atomic E-state index is -11.2. The summed E-state index contributed by atoms with van der Waals surface area (Å²) < 4.78 is 59.6. The summed E-state index contributed by atoms with van der Waals surface area (Å²) in [4.78, 5) is 18.7. The molecule has 0 aliphatic carbocycles. The van der Waals surface area contributed by atoms with Crippen molar-refractivity contribution in [3.05, 3.63) is 149 Å². The van der Waals surface area contributed by atoms with Gasteiger partial charge in [0.25, 0.3) is 0 Å². The third-order valence-corrected chi connectivity index (χ3v) is 9.49. The first-order valence-corrected chi connectivity index (χ1v) is 20.8. The molecule has 0 atom stereocenters. The van der Waals surface area contributed by atoms with Crippen LogP contribution in [0.15, 0.2) is 152 Å². The normalized spacial score (nSPS) is 13.0. The van der Waals surface area contributed by atoms with Gasteiger partial charge in [-0.05, 0) is 73.7 Å². The van der Waals surface area contributed by atoms with E-state index in [4.69, 9.17) is 11.6 Å². The molecule has 0 saturated heterocycles. The van der Waals surface area contributed by atoms with Gasteiger partial charge in [-0.2, -0.15) is 0 Å². The molecule has 0 aliphatic heterocycles. The average Bonchev–Trinajstić information content (AvgIpc) is 2.95. The van der Waals surface area contributed by atoms with Crippen molar-refractivity contribution < 1.29 is 21.7 Å². The van der Waals surface area contributed by atoms with Crippen molar-refractivity contribution in [3.63, 3.8) is 0 Å². The van der Waals surface area contributed by atoms with E-state index in [1.807, 2.05) is 43.3 Å². The van der Waals surface area contributed by atoms with Gasteiger partial charge < -0.3 is 0 Å². The van der Waals surface area contributed by atoms with E-state index in [9.17, 15) is 21.7 Å². The first-order chi connectivity index (χ1) is 20.0. The van der Waals surface area contributed by atoms with Crippen molar-refractivity contribution in [2.24, 2.45) is 0 Å². The molecule has 0 aliphatic rings. The molecule has 11 heteroatoms. The molecule has 0 heterocycles. The molecule has 0 bridgehead atoms. The first-order valence-electron chi connectivity index (χ1n) is 12.6. The van der Waals surface area contributed by atoms with Gasteiger partial charge in [0.15, 0.2) is 20.5 Å². The van der Waals surface area contributed by atoms with E-state index in [1.165, 1.54) is 14.7 Å². The summed E-state index contributed by atoms with van der Waals surface area (Å²) in [6.45, 7) is 2.01. The number of carbonyl (C=O) groups excluding carboxylic acids is 1. The Balaban J connectivity index is 0.000000541. The molecule has 5 aromatic rings. The van der Waals surface area contributed by atoms with Crippen LogP contribution in [0.4, 0.5) is 16.9 Å². The molecule has 5 rings (SSSR count). The van der Waals surface area contributed by atoms with Crippen molar-refractivity contribution in [1.82, 2.24) is 0 Å². The molecule has 224 valence electrons. The average molecular weight is 760 g/mol. The number of hydrogen-bond acceptors (Lipinski definition) is 2. The number of carbonyl (C=O) groups is 1. The molecule has 5 aromatic carbocycles. The number of rotatable bonds is 7. The van der Waals surface area contributed by atoms with Gasteiger partial charge in [-0.1, -0.05) is 89.6 Å².